The number of ether oxygens (including phenoxy) is 1. The first kappa shape index (κ1) is 42.9. The van der Waals surface area contributed by atoms with E-state index in [9.17, 15) is 9.90 Å². The van der Waals surface area contributed by atoms with E-state index in [1.54, 1.807) is 30.3 Å². The molecule has 0 spiro atoms. The quantitative estimate of drug-likeness (QED) is 0.156. The Balaban J connectivity index is 0.000000181. The number of pyridine rings is 2. The van der Waals surface area contributed by atoms with Crippen molar-refractivity contribution in [2.45, 2.75) is 37.9 Å². The van der Waals surface area contributed by atoms with Crippen molar-refractivity contribution in [3.8, 4) is 5.88 Å². The normalized spacial score (nSPS) is 11.8. The van der Waals surface area contributed by atoms with Gasteiger partial charge in [0.05, 0.1) is 5.52 Å². The highest BCUT2D eigenvalue weighted by Crippen LogP contribution is 2.41. The number of nitrogens with one attached hydrogen (secondary N) is 1. The molecule has 0 aliphatic heterocycles. The summed E-state index contributed by atoms with van der Waals surface area (Å²) in [6.45, 7) is 5.94. The Bertz CT molecular complexity index is 2740. The minimum Gasteiger partial charge on any atom is -0.472 e. The maximum absolute atomic E-state index is 12.1. The van der Waals surface area contributed by atoms with Gasteiger partial charge in [0.25, 0.3) is 0 Å². The lowest BCUT2D eigenvalue weighted by Crippen LogP contribution is -2.28. The van der Waals surface area contributed by atoms with E-state index >= 15 is 0 Å². The van der Waals surface area contributed by atoms with Gasteiger partial charge in [-0.2, -0.15) is 0 Å². The van der Waals surface area contributed by atoms with Gasteiger partial charge in [-0.3, -0.25) is 4.79 Å². The average molecular weight is 990 g/mol. The Morgan fingerprint density at radius 2 is 1.03 bits per heavy atom. The second-order valence-electron chi connectivity index (χ2n) is 14.9. The molecule has 59 heavy (non-hydrogen) atoms. The summed E-state index contributed by atoms with van der Waals surface area (Å²) in [6, 6.07) is 45.3. The van der Waals surface area contributed by atoms with E-state index in [0.29, 0.717) is 42.7 Å². The summed E-state index contributed by atoms with van der Waals surface area (Å²) in [6.07, 6.45) is 0. The maximum atomic E-state index is 12.1. The van der Waals surface area contributed by atoms with Crippen LogP contribution in [-0.4, -0.2) is 20.7 Å². The predicted molar refractivity (Wildman–Crippen MR) is 251 cm³/mol. The molecule has 0 aliphatic carbocycles. The molecular formula is C48H36Br2Cl4N2O3. The SMILES string of the molecule is CC(C)(C)Oc1cc(Br)c2cc(C(O)(c3ccc(Cl)cc3)c3ccc(Cl)cc3)ccc2n1.O=c1cc(Br)c2cc(C(c3ccc(Cl)cc3)c3ccc(Cl)cc3)ccc2[nH]1. The maximum Gasteiger partial charge on any atom is 0.249 e. The van der Waals surface area contributed by atoms with Crippen molar-refractivity contribution >= 4 is 100 Å². The van der Waals surface area contributed by atoms with Gasteiger partial charge in [0.15, 0.2) is 0 Å². The number of H-pyrrole nitrogens is 1. The van der Waals surface area contributed by atoms with Crippen LogP contribution >= 0.6 is 78.3 Å². The van der Waals surface area contributed by atoms with Crippen LogP contribution in [0.1, 0.15) is 60.1 Å². The Hall–Kier alpha value is -4.18. The van der Waals surface area contributed by atoms with Crippen molar-refractivity contribution in [1.82, 2.24) is 9.97 Å². The minimum absolute atomic E-state index is 0.0164. The van der Waals surface area contributed by atoms with Gasteiger partial charge in [-0.05, 0) is 159 Å². The Morgan fingerprint density at radius 3 is 1.54 bits per heavy atom. The van der Waals surface area contributed by atoms with E-state index in [2.05, 4.69) is 47.9 Å². The topological polar surface area (TPSA) is 75.2 Å². The highest BCUT2D eigenvalue weighted by atomic mass is 79.9. The molecule has 0 atom stereocenters. The molecule has 0 radical (unpaired) electrons. The summed E-state index contributed by atoms with van der Waals surface area (Å²) in [7, 11) is 0. The van der Waals surface area contributed by atoms with Crippen molar-refractivity contribution in [2.75, 3.05) is 0 Å². The fourth-order valence-electron chi connectivity index (χ4n) is 6.93. The lowest BCUT2D eigenvalue weighted by Gasteiger charge is -2.30. The standard InChI is InChI=1S/C26H22BrCl2NO2.C22H14BrCl2NO/c1-25(2,3)32-24-15-22(27)21-14-18(8-13-23(21)30-24)26(31,16-4-9-19(28)10-5-16)17-6-11-20(29)12-7-17;23-19-12-21(27)26-20-10-5-15(11-18(19)20)22(13-1-6-16(24)7-2-13)14-3-8-17(25)9-4-14/h4-15,31H,1-3H3;1-12,22H,(H,26,27). The monoisotopic (exact) mass is 986 g/mol. The molecule has 11 heteroatoms. The molecule has 0 bridgehead atoms. The minimum atomic E-state index is -1.41. The van der Waals surface area contributed by atoms with Gasteiger partial charge in [0.1, 0.15) is 11.2 Å². The molecule has 0 saturated carbocycles. The predicted octanol–water partition coefficient (Wildman–Crippen LogP) is 14.5. The van der Waals surface area contributed by atoms with Crippen LogP contribution < -0.4 is 10.3 Å². The Labute approximate surface area is 379 Å². The van der Waals surface area contributed by atoms with Crippen molar-refractivity contribution in [3.05, 3.63) is 218 Å². The highest BCUT2D eigenvalue weighted by molar-refractivity contribution is 9.11. The second-order valence-corrected chi connectivity index (χ2v) is 18.4. The first-order valence-electron chi connectivity index (χ1n) is 18.4. The number of hydrogen-bond donors (Lipinski definition) is 2. The lowest BCUT2D eigenvalue weighted by molar-refractivity contribution is 0.124. The highest BCUT2D eigenvalue weighted by Gasteiger charge is 2.34. The van der Waals surface area contributed by atoms with E-state index in [-0.39, 0.29) is 17.1 Å². The van der Waals surface area contributed by atoms with Crippen LogP contribution in [-0.2, 0) is 5.60 Å². The second kappa shape index (κ2) is 17.8. The largest absolute Gasteiger partial charge is 0.472 e. The molecule has 298 valence electrons. The van der Waals surface area contributed by atoms with E-state index < -0.39 is 5.60 Å². The number of aromatic amines is 1. The summed E-state index contributed by atoms with van der Waals surface area (Å²) in [4.78, 5) is 19.2. The molecule has 0 aliphatic rings. The first-order chi connectivity index (χ1) is 28.1. The number of aliphatic hydroxyl groups is 1. The summed E-state index contributed by atoms with van der Waals surface area (Å²) < 4.78 is 7.54. The Kier molecular flexibility index (Phi) is 13.0. The number of fused-ring (bicyclic) bond motifs is 2. The van der Waals surface area contributed by atoms with Crippen LogP contribution in [0.5, 0.6) is 5.88 Å². The van der Waals surface area contributed by atoms with Gasteiger partial charge in [-0.1, -0.05) is 107 Å². The summed E-state index contributed by atoms with van der Waals surface area (Å²) in [5.41, 5.74) is 5.10. The van der Waals surface area contributed by atoms with Crippen molar-refractivity contribution < 1.29 is 9.84 Å². The molecular weight excluding hydrogens is 954 g/mol. The number of rotatable bonds is 7. The molecule has 2 aromatic heterocycles. The summed E-state index contributed by atoms with van der Waals surface area (Å²) in [5, 5.41) is 16.5. The Morgan fingerprint density at radius 1 is 0.576 bits per heavy atom. The molecule has 2 N–H and O–H groups in total. The molecule has 8 rings (SSSR count). The molecule has 0 fully saturated rings. The van der Waals surface area contributed by atoms with Crippen LogP contribution in [0.25, 0.3) is 21.8 Å². The number of aromatic nitrogens is 2. The van der Waals surface area contributed by atoms with E-state index in [1.807, 2.05) is 130 Å². The van der Waals surface area contributed by atoms with Crippen molar-refractivity contribution in [1.29, 1.82) is 0 Å². The molecule has 2 heterocycles. The third-order valence-corrected chi connectivity index (χ3v) is 12.0. The van der Waals surface area contributed by atoms with Gasteiger partial charge >= 0.3 is 0 Å². The van der Waals surface area contributed by atoms with E-state index in [1.165, 1.54) is 0 Å². The van der Waals surface area contributed by atoms with E-state index in [4.69, 9.17) is 51.1 Å². The first-order valence-corrected chi connectivity index (χ1v) is 21.5. The van der Waals surface area contributed by atoms with Crippen molar-refractivity contribution in [2.24, 2.45) is 0 Å². The molecule has 0 amide bonds. The molecule has 8 aromatic rings. The van der Waals surface area contributed by atoms with E-state index in [0.717, 1.165) is 47.4 Å². The number of halogens is 6. The van der Waals surface area contributed by atoms with Gasteiger partial charge in [-0.25, -0.2) is 4.98 Å². The van der Waals surface area contributed by atoms with Crippen LogP contribution in [0.4, 0.5) is 0 Å². The van der Waals surface area contributed by atoms with Crippen LogP contribution in [0.3, 0.4) is 0 Å². The van der Waals surface area contributed by atoms with Gasteiger partial charge in [-0.15, -0.1) is 0 Å². The third-order valence-electron chi connectivity index (χ3n) is 9.64. The zero-order valence-corrected chi connectivity index (χ0v) is 38.1. The van der Waals surface area contributed by atoms with Crippen molar-refractivity contribution in [3.63, 3.8) is 0 Å². The summed E-state index contributed by atoms with van der Waals surface area (Å²) in [5.74, 6) is 0.554. The van der Waals surface area contributed by atoms with Gasteiger partial charge in [0, 0.05) is 63.4 Å². The number of benzene rings is 6. The zero-order valence-electron chi connectivity index (χ0n) is 31.9. The number of hydrogen-bond acceptors (Lipinski definition) is 4. The molecule has 0 saturated heterocycles. The zero-order chi connectivity index (χ0) is 42.1. The van der Waals surface area contributed by atoms with Gasteiger partial charge < -0.3 is 14.8 Å². The molecule has 0 unspecified atom stereocenters. The number of nitrogens with zero attached hydrogens (tertiary/aromatic N) is 1. The summed E-state index contributed by atoms with van der Waals surface area (Å²) >= 11 is 31.5. The average Bonchev–Trinajstić information content (AvgIpc) is 3.19. The fourth-order valence-corrected chi connectivity index (χ4v) is 8.49. The van der Waals surface area contributed by atoms with Crippen LogP contribution in [0, 0.1) is 0 Å². The van der Waals surface area contributed by atoms with Gasteiger partial charge in [0.2, 0.25) is 11.4 Å². The molecule has 5 nitrogen and oxygen atoms in total. The van der Waals surface area contributed by atoms with Crippen LogP contribution in [0.2, 0.25) is 20.1 Å². The fraction of sp³-hybridized carbons (Fsp3) is 0.125. The molecule has 6 aromatic carbocycles. The smallest absolute Gasteiger partial charge is 0.249 e. The third kappa shape index (κ3) is 9.90. The van der Waals surface area contributed by atoms with Crippen LogP contribution in [0.15, 0.2) is 159 Å². The lowest BCUT2D eigenvalue weighted by atomic mass is 9.80.